The van der Waals surface area contributed by atoms with Crippen molar-refractivity contribution in [3.05, 3.63) is 59.9 Å². The molecule has 0 saturated carbocycles. The molecule has 1 N–H and O–H groups in total. The van der Waals surface area contributed by atoms with Crippen LogP contribution in [0.15, 0.2) is 48.5 Å². The fourth-order valence-electron chi connectivity index (χ4n) is 2.47. The lowest BCUT2D eigenvalue weighted by molar-refractivity contribution is 0.102. The van der Waals surface area contributed by atoms with Crippen LogP contribution >= 0.6 is 0 Å². The normalized spacial score (nSPS) is 10.4. The Labute approximate surface area is 157 Å². The number of ether oxygens (including phenoxy) is 2. The Bertz CT molecular complexity index is 892. The molecule has 0 fully saturated rings. The monoisotopic (exact) mass is 367 g/mol. The maximum atomic E-state index is 12.5. The minimum Gasteiger partial charge on any atom is -0.492 e. The lowest BCUT2D eigenvalue weighted by Crippen LogP contribution is -2.13. The number of aromatic nitrogens is 4. The maximum absolute atomic E-state index is 12.5. The quantitative estimate of drug-likeness (QED) is 0.658. The standard InChI is InChI=1S/C19H21N5O3/c1-3-24-18(21-22-23-24)13-27-15-11-9-14(10-12-15)19(25)20-16-7-5-6-8-17(16)26-4-2/h5-12H,3-4,13H2,1-2H3,(H,20,25). The summed E-state index contributed by atoms with van der Waals surface area (Å²) in [6.45, 7) is 5.32. The van der Waals surface area contributed by atoms with Crippen molar-refractivity contribution in [2.45, 2.75) is 27.0 Å². The second kappa shape index (κ2) is 8.79. The molecule has 3 aromatic rings. The number of hydrogen-bond acceptors (Lipinski definition) is 6. The Morgan fingerprint density at radius 1 is 1.07 bits per heavy atom. The first kappa shape index (κ1) is 18.4. The molecule has 0 aliphatic heterocycles. The molecule has 27 heavy (non-hydrogen) atoms. The fraction of sp³-hybridized carbons (Fsp3) is 0.263. The maximum Gasteiger partial charge on any atom is 0.255 e. The van der Waals surface area contributed by atoms with Crippen LogP contribution in [0.1, 0.15) is 30.0 Å². The van der Waals surface area contributed by atoms with Gasteiger partial charge in [0, 0.05) is 12.1 Å². The summed E-state index contributed by atoms with van der Waals surface area (Å²) in [6, 6.07) is 14.2. The van der Waals surface area contributed by atoms with E-state index in [1.807, 2.05) is 32.0 Å². The second-order valence-electron chi connectivity index (χ2n) is 5.61. The van der Waals surface area contributed by atoms with Gasteiger partial charge in [0.1, 0.15) is 18.1 Å². The third-order valence-corrected chi connectivity index (χ3v) is 3.83. The number of benzene rings is 2. The van der Waals surface area contributed by atoms with E-state index in [0.717, 1.165) is 0 Å². The number of hydrogen-bond donors (Lipinski definition) is 1. The average Bonchev–Trinajstić information content (AvgIpc) is 3.16. The Hall–Kier alpha value is -3.42. The fourth-order valence-corrected chi connectivity index (χ4v) is 2.47. The predicted octanol–water partition coefficient (Wildman–Crippen LogP) is 2.92. The van der Waals surface area contributed by atoms with Crippen molar-refractivity contribution in [2.24, 2.45) is 0 Å². The molecule has 3 rings (SSSR count). The highest BCUT2D eigenvalue weighted by Gasteiger charge is 2.10. The number of carbonyl (C=O) groups excluding carboxylic acids is 1. The van der Waals surface area contributed by atoms with Gasteiger partial charge in [-0.15, -0.1) is 5.10 Å². The molecule has 140 valence electrons. The van der Waals surface area contributed by atoms with Gasteiger partial charge in [-0.1, -0.05) is 12.1 Å². The lowest BCUT2D eigenvalue weighted by atomic mass is 10.2. The van der Waals surface area contributed by atoms with Gasteiger partial charge in [-0.2, -0.15) is 0 Å². The van der Waals surface area contributed by atoms with E-state index in [1.165, 1.54) is 0 Å². The molecular weight excluding hydrogens is 346 g/mol. The van der Waals surface area contributed by atoms with Crippen molar-refractivity contribution in [2.75, 3.05) is 11.9 Å². The van der Waals surface area contributed by atoms with Crippen LogP contribution in [-0.4, -0.2) is 32.7 Å². The molecule has 1 amide bonds. The SMILES string of the molecule is CCOc1ccccc1NC(=O)c1ccc(OCc2nnnn2CC)cc1. The van der Waals surface area contributed by atoms with E-state index in [4.69, 9.17) is 9.47 Å². The van der Waals surface area contributed by atoms with Crippen LogP contribution in [-0.2, 0) is 13.2 Å². The van der Waals surface area contributed by atoms with E-state index in [1.54, 1.807) is 35.0 Å². The van der Waals surface area contributed by atoms with Gasteiger partial charge in [0.25, 0.3) is 5.91 Å². The van der Waals surface area contributed by atoms with Gasteiger partial charge in [-0.05, 0) is 60.7 Å². The number of carbonyl (C=O) groups is 1. The third-order valence-electron chi connectivity index (χ3n) is 3.83. The summed E-state index contributed by atoms with van der Waals surface area (Å²) in [5.74, 6) is 1.70. The summed E-state index contributed by atoms with van der Waals surface area (Å²) in [6.07, 6.45) is 0. The largest absolute Gasteiger partial charge is 0.492 e. The van der Waals surface area contributed by atoms with Crippen LogP contribution in [0.2, 0.25) is 0 Å². The smallest absolute Gasteiger partial charge is 0.255 e. The first-order chi connectivity index (χ1) is 13.2. The lowest BCUT2D eigenvalue weighted by Gasteiger charge is -2.11. The summed E-state index contributed by atoms with van der Waals surface area (Å²) in [5, 5.41) is 14.3. The van der Waals surface area contributed by atoms with Crippen LogP contribution in [0.3, 0.4) is 0 Å². The van der Waals surface area contributed by atoms with Crippen molar-refractivity contribution in [1.29, 1.82) is 0 Å². The van der Waals surface area contributed by atoms with E-state index in [2.05, 4.69) is 20.8 Å². The third kappa shape index (κ3) is 4.60. The first-order valence-corrected chi connectivity index (χ1v) is 8.72. The van der Waals surface area contributed by atoms with Gasteiger partial charge in [0.05, 0.1) is 12.3 Å². The van der Waals surface area contributed by atoms with Crippen LogP contribution in [0.25, 0.3) is 0 Å². The summed E-state index contributed by atoms with van der Waals surface area (Å²) in [4.78, 5) is 12.5. The number of anilines is 1. The molecule has 0 spiro atoms. The molecule has 0 bridgehead atoms. The Morgan fingerprint density at radius 2 is 1.85 bits per heavy atom. The average molecular weight is 367 g/mol. The summed E-state index contributed by atoms with van der Waals surface area (Å²) in [5.41, 5.74) is 1.16. The van der Waals surface area contributed by atoms with E-state index >= 15 is 0 Å². The highest BCUT2D eigenvalue weighted by Crippen LogP contribution is 2.24. The second-order valence-corrected chi connectivity index (χ2v) is 5.61. The number of aryl methyl sites for hydroxylation is 1. The van der Waals surface area contributed by atoms with Crippen LogP contribution < -0.4 is 14.8 Å². The van der Waals surface area contributed by atoms with Crippen molar-refractivity contribution in [3.63, 3.8) is 0 Å². The summed E-state index contributed by atoms with van der Waals surface area (Å²) >= 11 is 0. The highest BCUT2D eigenvalue weighted by molar-refractivity contribution is 6.05. The number of para-hydroxylation sites is 2. The summed E-state index contributed by atoms with van der Waals surface area (Å²) in [7, 11) is 0. The number of amides is 1. The molecule has 0 aliphatic rings. The molecule has 1 heterocycles. The zero-order chi connectivity index (χ0) is 19.1. The van der Waals surface area contributed by atoms with Crippen molar-refractivity contribution >= 4 is 11.6 Å². The van der Waals surface area contributed by atoms with Gasteiger partial charge in [0.2, 0.25) is 0 Å². The van der Waals surface area contributed by atoms with Crippen molar-refractivity contribution in [1.82, 2.24) is 20.2 Å². The van der Waals surface area contributed by atoms with Crippen LogP contribution in [0.5, 0.6) is 11.5 Å². The van der Waals surface area contributed by atoms with Gasteiger partial charge in [0.15, 0.2) is 5.82 Å². The van der Waals surface area contributed by atoms with E-state index in [0.29, 0.717) is 41.7 Å². The number of nitrogens with one attached hydrogen (secondary N) is 1. The molecule has 0 radical (unpaired) electrons. The molecule has 8 nitrogen and oxygen atoms in total. The number of rotatable bonds is 8. The highest BCUT2D eigenvalue weighted by atomic mass is 16.5. The van der Waals surface area contributed by atoms with Gasteiger partial charge in [-0.25, -0.2) is 4.68 Å². The first-order valence-electron chi connectivity index (χ1n) is 8.72. The molecular formula is C19H21N5O3. The summed E-state index contributed by atoms with van der Waals surface area (Å²) < 4.78 is 12.9. The van der Waals surface area contributed by atoms with Gasteiger partial charge in [-0.3, -0.25) is 4.79 Å². The van der Waals surface area contributed by atoms with Crippen LogP contribution in [0, 0.1) is 0 Å². The van der Waals surface area contributed by atoms with Crippen LogP contribution in [0.4, 0.5) is 5.69 Å². The van der Waals surface area contributed by atoms with E-state index < -0.39 is 0 Å². The van der Waals surface area contributed by atoms with Crippen molar-refractivity contribution in [3.8, 4) is 11.5 Å². The number of tetrazole rings is 1. The minimum atomic E-state index is -0.219. The molecule has 0 unspecified atom stereocenters. The Morgan fingerprint density at radius 3 is 2.59 bits per heavy atom. The Kier molecular flexibility index (Phi) is 5.98. The predicted molar refractivity (Wildman–Crippen MR) is 99.8 cm³/mol. The van der Waals surface area contributed by atoms with Gasteiger partial charge < -0.3 is 14.8 Å². The molecule has 0 aliphatic carbocycles. The zero-order valence-corrected chi connectivity index (χ0v) is 15.3. The topological polar surface area (TPSA) is 91.2 Å². The van der Waals surface area contributed by atoms with E-state index in [9.17, 15) is 4.79 Å². The minimum absolute atomic E-state index is 0.219. The number of nitrogens with zero attached hydrogens (tertiary/aromatic N) is 4. The molecule has 0 atom stereocenters. The molecule has 0 saturated heterocycles. The zero-order valence-electron chi connectivity index (χ0n) is 15.3. The molecule has 8 heteroatoms. The Balaban J connectivity index is 1.62. The van der Waals surface area contributed by atoms with E-state index in [-0.39, 0.29) is 12.5 Å². The molecule has 2 aromatic carbocycles. The van der Waals surface area contributed by atoms with Gasteiger partial charge >= 0.3 is 0 Å². The molecule has 1 aromatic heterocycles. The van der Waals surface area contributed by atoms with Crippen molar-refractivity contribution < 1.29 is 14.3 Å².